The van der Waals surface area contributed by atoms with Crippen molar-refractivity contribution >= 4 is 41.4 Å². The highest BCUT2D eigenvalue weighted by atomic mass is 32.2. The standard InChI is InChI=1S/C20H35N5O6S/c1-4-11(2)16(19(29)24-14(20(30)31)10-15(21)26)25-18(28)13(7-9-32-3)23-17(27)12-6-5-8-22-12/h11-14,16,22H,4-10H2,1-3H3,(H2,21,26)(H,23,27)(H,24,29)(H,25,28)(H,30,31). The number of hydrogen-bond donors (Lipinski definition) is 6. The van der Waals surface area contributed by atoms with Crippen molar-refractivity contribution in [3.05, 3.63) is 0 Å². The lowest BCUT2D eigenvalue weighted by Gasteiger charge is -2.28. The number of primary amides is 1. The average molecular weight is 474 g/mol. The van der Waals surface area contributed by atoms with Gasteiger partial charge in [0.1, 0.15) is 18.1 Å². The first-order valence-corrected chi connectivity index (χ1v) is 12.1. The molecular weight excluding hydrogens is 438 g/mol. The van der Waals surface area contributed by atoms with E-state index in [1.807, 2.05) is 13.2 Å². The van der Waals surface area contributed by atoms with Crippen molar-refractivity contribution in [2.45, 2.75) is 70.1 Å². The van der Waals surface area contributed by atoms with Gasteiger partial charge in [-0.05, 0) is 43.7 Å². The third kappa shape index (κ3) is 9.03. The second-order valence-electron chi connectivity index (χ2n) is 7.93. The molecule has 1 aliphatic heterocycles. The van der Waals surface area contributed by atoms with Crippen molar-refractivity contribution in [3.63, 3.8) is 0 Å². The fourth-order valence-electron chi connectivity index (χ4n) is 3.30. The van der Waals surface area contributed by atoms with E-state index in [2.05, 4.69) is 21.3 Å². The number of carboxylic acid groups (broad SMARTS) is 1. The van der Waals surface area contributed by atoms with Crippen molar-refractivity contribution in [1.82, 2.24) is 21.3 Å². The van der Waals surface area contributed by atoms with Crippen LogP contribution in [0.4, 0.5) is 0 Å². The van der Waals surface area contributed by atoms with Gasteiger partial charge in [-0.2, -0.15) is 11.8 Å². The second kappa shape index (κ2) is 13.9. The summed E-state index contributed by atoms with van der Waals surface area (Å²) in [5, 5.41) is 20.0. The topological polar surface area (TPSA) is 180 Å². The number of carbonyl (C=O) groups is 5. The predicted octanol–water partition coefficient (Wildman–Crippen LogP) is -1.05. The Morgan fingerprint density at radius 2 is 1.81 bits per heavy atom. The van der Waals surface area contributed by atoms with Crippen molar-refractivity contribution in [2.24, 2.45) is 11.7 Å². The van der Waals surface area contributed by atoms with Gasteiger partial charge >= 0.3 is 5.97 Å². The van der Waals surface area contributed by atoms with Crippen LogP contribution in [-0.4, -0.2) is 77.4 Å². The molecule has 0 aromatic rings. The SMILES string of the molecule is CCC(C)C(NC(=O)C(CCSC)NC(=O)C1CCCN1)C(=O)NC(CC(N)=O)C(=O)O. The van der Waals surface area contributed by atoms with Crippen LogP contribution < -0.4 is 27.0 Å². The van der Waals surface area contributed by atoms with Crippen molar-refractivity contribution in [1.29, 1.82) is 0 Å². The van der Waals surface area contributed by atoms with Gasteiger partial charge in [0, 0.05) is 0 Å². The fourth-order valence-corrected chi connectivity index (χ4v) is 3.78. The highest BCUT2D eigenvalue weighted by molar-refractivity contribution is 7.98. The van der Waals surface area contributed by atoms with Gasteiger partial charge < -0.3 is 32.1 Å². The first-order valence-electron chi connectivity index (χ1n) is 10.7. The molecule has 0 bridgehead atoms. The van der Waals surface area contributed by atoms with Crippen LogP contribution >= 0.6 is 11.8 Å². The summed E-state index contributed by atoms with van der Waals surface area (Å²) in [7, 11) is 0. The molecule has 1 rings (SSSR count). The summed E-state index contributed by atoms with van der Waals surface area (Å²) in [5.74, 6) is -3.49. The van der Waals surface area contributed by atoms with E-state index in [-0.39, 0.29) is 17.9 Å². The molecule has 11 nitrogen and oxygen atoms in total. The summed E-state index contributed by atoms with van der Waals surface area (Å²) in [5.41, 5.74) is 5.06. The highest BCUT2D eigenvalue weighted by Gasteiger charge is 2.33. The van der Waals surface area contributed by atoms with Crippen LogP contribution in [0.15, 0.2) is 0 Å². The van der Waals surface area contributed by atoms with E-state index < -0.39 is 48.2 Å². The minimum Gasteiger partial charge on any atom is -0.480 e. The molecule has 0 aliphatic carbocycles. The lowest BCUT2D eigenvalue weighted by Crippen LogP contribution is -2.59. The van der Waals surface area contributed by atoms with E-state index in [1.54, 1.807) is 6.92 Å². The molecule has 12 heteroatoms. The fraction of sp³-hybridized carbons (Fsp3) is 0.750. The number of rotatable bonds is 14. The van der Waals surface area contributed by atoms with Gasteiger partial charge in [0.2, 0.25) is 23.6 Å². The van der Waals surface area contributed by atoms with E-state index in [0.717, 1.165) is 13.0 Å². The predicted molar refractivity (Wildman–Crippen MR) is 121 cm³/mol. The van der Waals surface area contributed by atoms with Gasteiger partial charge in [-0.15, -0.1) is 0 Å². The van der Waals surface area contributed by atoms with Crippen LogP contribution in [0.3, 0.4) is 0 Å². The molecule has 32 heavy (non-hydrogen) atoms. The number of thioether (sulfide) groups is 1. The summed E-state index contributed by atoms with van der Waals surface area (Å²) < 4.78 is 0. The monoisotopic (exact) mass is 473 g/mol. The second-order valence-corrected chi connectivity index (χ2v) is 8.92. The quantitative estimate of drug-likeness (QED) is 0.185. The molecule has 1 saturated heterocycles. The molecule has 1 fully saturated rings. The maximum Gasteiger partial charge on any atom is 0.326 e. The van der Waals surface area contributed by atoms with Gasteiger partial charge in [-0.1, -0.05) is 20.3 Å². The van der Waals surface area contributed by atoms with Crippen LogP contribution in [0.1, 0.15) is 46.0 Å². The number of carbonyl (C=O) groups excluding carboxylic acids is 4. The Labute approximate surface area is 192 Å². The molecular formula is C20H35N5O6S. The van der Waals surface area contributed by atoms with Crippen LogP contribution in [0.2, 0.25) is 0 Å². The van der Waals surface area contributed by atoms with E-state index in [9.17, 15) is 29.1 Å². The zero-order chi connectivity index (χ0) is 24.3. The van der Waals surface area contributed by atoms with Crippen molar-refractivity contribution in [2.75, 3.05) is 18.6 Å². The van der Waals surface area contributed by atoms with E-state index in [4.69, 9.17) is 5.73 Å². The Balaban J connectivity index is 2.92. The van der Waals surface area contributed by atoms with Gasteiger partial charge in [-0.3, -0.25) is 19.2 Å². The molecule has 1 aliphatic rings. The van der Waals surface area contributed by atoms with Crippen LogP contribution in [0.5, 0.6) is 0 Å². The average Bonchev–Trinajstić information content (AvgIpc) is 3.28. The number of nitrogens with two attached hydrogens (primary N) is 1. The molecule has 7 N–H and O–H groups in total. The molecule has 0 saturated carbocycles. The summed E-state index contributed by atoms with van der Waals surface area (Å²) in [6.07, 6.45) is 3.79. The molecule has 0 aromatic carbocycles. The maximum absolute atomic E-state index is 13.0. The summed E-state index contributed by atoms with van der Waals surface area (Å²) in [6, 6.07) is -3.72. The number of hydrogen-bond acceptors (Lipinski definition) is 7. The Hall–Kier alpha value is -2.34. The summed E-state index contributed by atoms with van der Waals surface area (Å²) in [6.45, 7) is 4.31. The molecule has 4 amide bonds. The van der Waals surface area contributed by atoms with Gasteiger partial charge in [0.15, 0.2) is 0 Å². The van der Waals surface area contributed by atoms with E-state index in [1.165, 1.54) is 11.8 Å². The molecule has 0 aromatic heterocycles. The Morgan fingerprint density at radius 1 is 1.12 bits per heavy atom. The minimum absolute atomic E-state index is 0.263. The first-order chi connectivity index (χ1) is 15.1. The van der Waals surface area contributed by atoms with Gasteiger partial charge in [-0.25, -0.2) is 4.79 Å². The molecule has 0 radical (unpaired) electrons. The number of carboxylic acids is 1. The normalized spacial score (nSPS) is 19.3. The minimum atomic E-state index is -1.50. The third-order valence-electron chi connectivity index (χ3n) is 5.43. The molecule has 1 heterocycles. The maximum atomic E-state index is 13.0. The lowest BCUT2D eigenvalue weighted by atomic mass is 9.97. The van der Waals surface area contributed by atoms with E-state index >= 15 is 0 Å². The summed E-state index contributed by atoms with van der Waals surface area (Å²) in [4.78, 5) is 60.8. The van der Waals surface area contributed by atoms with Crippen LogP contribution in [0.25, 0.3) is 0 Å². The van der Waals surface area contributed by atoms with Crippen molar-refractivity contribution in [3.8, 4) is 0 Å². The zero-order valence-electron chi connectivity index (χ0n) is 18.8. The largest absolute Gasteiger partial charge is 0.480 e. The number of amides is 4. The molecule has 5 unspecified atom stereocenters. The van der Waals surface area contributed by atoms with E-state index in [0.29, 0.717) is 25.0 Å². The van der Waals surface area contributed by atoms with Crippen LogP contribution in [0, 0.1) is 5.92 Å². The smallest absolute Gasteiger partial charge is 0.326 e. The van der Waals surface area contributed by atoms with Crippen molar-refractivity contribution < 1.29 is 29.1 Å². The zero-order valence-corrected chi connectivity index (χ0v) is 19.6. The Morgan fingerprint density at radius 3 is 2.31 bits per heavy atom. The third-order valence-corrected chi connectivity index (χ3v) is 6.08. The molecule has 5 atom stereocenters. The number of nitrogens with one attached hydrogen (secondary N) is 4. The summed E-state index contributed by atoms with van der Waals surface area (Å²) >= 11 is 1.52. The first kappa shape index (κ1) is 27.7. The number of aliphatic carboxylic acids is 1. The molecule has 182 valence electrons. The van der Waals surface area contributed by atoms with Gasteiger partial charge in [0.25, 0.3) is 0 Å². The Bertz CT molecular complexity index is 685. The van der Waals surface area contributed by atoms with Gasteiger partial charge in [0.05, 0.1) is 12.5 Å². The highest BCUT2D eigenvalue weighted by Crippen LogP contribution is 2.11. The Kier molecular flexibility index (Phi) is 12.1. The van der Waals surface area contributed by atoms with Crippen LogP contribution in [-0.2, 0) is 24.0 Å². The lowest BCUT2D eigenvalue weighted by molar-refractivity contribution is -0.144. The molecule has 0 spiro atoms.